The van der Waals surface area contributed by atoms with Crippen LogP contribution in [0.25, 0.3) is 0 Å². The second kappa shape index (κ2) is 5.17. The van der Waals surface area contributed by atoms with E-state index in [1.165, 1.54) is 22.0 Å². The summed E-state index contributed by atoms with van der Waals surface area (Å²) in [5, 5.41) is 4.77. The number of fused-ring (bicyclic) bond motifs is 1. The molecule has 0 saturated heterocycles. The summed E-state index contributed by atoms with van der Waals surface area (Å²) in [6.07, 6.45) is 2.39. The molecule has 0 aliphatic heterocycles. The first-order valence-electron chi connectivity index (χ1n) is 7.39. The Morgan fingerprint density at radius 1 is 1.26 bits per heavy atom. The molecule has 1 aromatic heterocycles. The van der Waals surface area contributed by atoms with Gasteiger partial charge in [0.25, 0.3) is 0 Å². The lowest BCUT2D eigenvalue weighted by atomic mass is 9.67. The maximum atomic E-state index is 4.89. The van der Waals surface area contributed by atoms with E-state index in [0.717, 1.165) is 19.5 Å². The Labute approximate surface area is 122 Å². The summed E-state index contributed by atoms with van der Waals surface area (Å²) in [7, 11) is 0. The van der Waals surface area contributed by atoms with Crippen LogP contribution in [0.4, 0.5) is 0 Å². The summed E-state index contributed by atoms with van der Waals surface area (Å²) >= 11 is 1.92. The van der Waals surface area contributed by atoms with E-state index in [4.69, 9.17) is 4.98 Å². The van der Waals surface area contributed by atoms with Crippen LogP contribution in [-0.4, -0.2) is 11.5 Å². The van der Waals surface area contributed by atoms with Gasteiger partial charge in [0.1, 0.15) is 5.01 Å². The molecule has 0 spiro atoms. The van der Waals surface area contributed by atoms with Crippen molar-refractivity contribution in [3.63, 3.8) is 0 Å². The molecular formula is C16H28N2S. The summed E-state index contributed by atoms with van der Waals surface area (Å²) < 4.78 is 0. The second-order valence-electron chi connectivity index (χ2n) is 7.81. The van der Waals surface area contributed by atoms with Crippen LogP contribution in [0.5, 0.6) is 0 Å². The minimum absolute atomic E-state index is 0.283. The molecule has 0 unspecified atom stereocenters. The number of thiazole rings is 1. The van der Waals surface area contributed by atoms with Gasteiger partial charge in [-0.05, 0) is 30.7 Å². The van der Waals surface area contributed by atoms with Gasteiger partial charge < -0.3 is 5.32 Å². The molecule has 0 fully saturated rings. The molecule has 2 rings (SSSR count). The summed E-state index contributed by atoms with van der Waals surface area (Å²) in [5.74, 6) is 0.699. The highest BCUT2D eigenvalue weighted by Gasteiger charge is 2.39. The molecule has 1 N–H and O–H groups in total. The van der Waals surface area contributed by atoms with Crippen LogP contribution in [0.3, 0.4) is 0 Å². The highest BCUT2D eigenvalue weighted by molar-refractivity contribution is 7.11. The molecule has 1 aliphatic rings. The van der Waals surface area contributed by atoms with Crippen LogP contribution in [0.15, 0.2) is 0 Å². The molecule has 1 aromatic rings. The monoisotopic (exact) mass is 280 g/mol. The molecule has 0 radical (unpaired) electrons. The van der Waals surface area contributed by atoms with Crippen LogP contribution in [-0.2, 0) is 18.4 Å². The molecule has 19 heavy (non-hydrogen) atoms. The normalized spacial score (nSPS) is 20.6. The molecule has 0 amide bonds. The van der Waals surface area contributed by atoms with Crippen molar-refractivity contribution in [3.8, 4) is 0 Å². The average Bonchev–Trinajstić information content (AvgIpc) is 2.57. The van der Waals surface area contributed by atoms with Crippen molar-refractivity contribution in [1.29, 1.82) is 0 Å². The summed E-state index contributed by atoms with van der Waals surface area (Å²) in [4.78, 5) is 6.42. The summed E-state index contributed by atoms with van der Waals surface area (Å²) in [6.45, 7) is 16.0. The highest BCUT2D eigenvalue weighted by Crippen LogP contribution is 2.47. The first-order chi connectivity index (χ1) is 8.70. The maximum absolute atomic E-state index is 4.89. The quantitative estimate of drug-likeness (QED) is 0.896. The van der Waals surface area contributed by atoms with Crippen LogP contribution >= 0.6 is 11.3 Å². The van der Waals surface area contributed by atoms with Crippen molar-refractivity contribution in [2.24, 2.45) is 11.3 Å². The van der Waals surface area contributed by atoms with E-state index in [1.807, 2.05) is 11.3 Å². The zero-order chi connectivity index (χ0) is 14.3. The van der Waals surface area contributed by atoms with E-state index >= 15 is 0 Å². The molecule has 108 valence electrons. The lowest BCUT2D eigenvalue weighted by Gasteiger charge is -2.39. The van der Waals surface area contributed by atoms with Crippen molar-refractivity contribution in [1.82, 2.24) is 10.3 Å². The number of rotatable bonds is 4. The van der Waals surface area contributed by atoms with Gasteiger partial charge in [-0.15, -0.1) is 11.3 Å². The predicted octanol–water partition coefficient (Wildman–Crippen LogP) is 4.14. The van der Waals surface area contributed by atoms with Gasteiger partial charge in [0, 0.05) is 16.8 Å². The highest BCUT2D eigenvalue weighted by atomic mass is 32.1. The van der Waals surface area contributed by atoms with Crippen molar-refractivity contribution in [2.75, 3.05) is 6.54 Å². The van der Waals surface area contributed by atoms with Gasteiger partial charge in [-0.25, -0.2) is 4.98 Å². The predicted molar refractivity (Wildman–Crippen MR) is 83.8 cm³/mol. The minimum atomic E-state index is 0.283. The molecule has 2 nitrogen and oxygen atoms in total. The third-order valence-corrected chi connectivity index (χ3v) is 5.22. The van der Waals surface area contributed by atoms with E-state index in [-0.39, 0.29) is 5.41 Å². The molecular weight excluding hydrogens is 252 g/mol. The Morgan fingerprint density at radius 2 is 1.95 bits per heavy atom. The molecule has 1 aliphatic carbocycles. The van der Waals surface area contributed by atoms with E-state index < -0.39 is 0 Å². The average molecular weight is 280 g/mol. The van der Waals surface area contributed by atoms with Crippen molar-refractivity contribution >= 4 is 11.3 Å². The fourth-order valence-corrected chi connectivity index (χ4v) is 4.54. The summed E-state index contributed by atoms with van der Waals surface area (Å²) in [6, 6.07) is 0. The number of hydrogen-bond donors (Lipinski definition) is 1. The zero-order valence-corrected chi connectivity index (χ0v) is 14.1. The third-order valence-electron chi connectivity index (χ3n) is 3.75. The first-order valence-corrected chi connectivity index (χ1v) is 8.21. The first kappa shape index (κ1) is 15.0. The van der Waals surface area contributed by atoms with Gasteiger partial charge in [0.15, 0.2) is 0 Å². The maximum Gasteiger partial charge on any atom is 0.107 e. The largest absolute Gasteiger partial charge is 0.310 e. The van der Waals surface area contributed by atoms with E-state index in [1.54, 1.807) is 0 Å². The Kier molecular flexibility index (Phi) is 4.08. The third kappa shape index (κ3) is 3.57. The number of nitrogens with one attached hydrogen (secondary N) is 1. The molecule has 0 bridgehead atoms. The Bertz CT molecular complexity index is 444. The van der Waals surface area contributed by atoms with Crippen LogP contribution < -0.4 is 5.32 Å². The molecule has 0 saturated carbocycles. The van der Waals surface area contributed by atoms with Crippen molar-refractivity contribution in [3.05, 3.63) is 15.6 Å². The van der Waals surface area contributed by atoms with Crippen LogP contribution in [0.1, 0.15) is 63.5 Å². The van der Waals surface area contributed by atoms with Gasteiger partial charge in [0.05, 0.1) is 5.69 Å². The summed E-state index contributed by atoms with van der Waals surface area (Å²) in [5.41, 5.74) is 2.02. The lowest BCUT2D eigenvalue weighted by molar-refractivity contribution is 0.232. The van der Waals surface area contributed by atoms with Gasteiger partial charge >= 0.3 is 0 Å². The topological polar surface area (TPSA) is 24.9 Å². The van der Waals surface area contributed by atoms with Crippen molar-refractivity contribution < 1.29 is 0 Å². The fraction of sp³-hybridized carbons (Fsp3) is 0.812. The second-order valence-corrected chi connectivity index (χ2v) is 8.89. The van der Waals surface area contributed by atoms with Gasteiger partial charge in [-0.2, -0.15) is 0 Å². The van der Waals surface area contributed by atoms with Crippen LogP contribution in [0, 0.1) is 11.3 Å². The van der Waals surface area contributed by atoms with E-state index in [9.17, 15) is 0 Å². The molecule has 0 aromatic carbocycles. The number of nitrogens with zero attached hydrogens (tertiary/aromatic N) is 1. The Hall–Kier alpha value is -0.410. The number of hydrogen-bond acceptors (Lipinski definition) is 3. The molecule has 0 atom stereocenters. The Balaban J connectivity index is 2.14. The van der Waals surface area contributed by atoms with Gasteiger partial charge in [-0.3, -0.25) is 0 Å². The molecule has 1 heterocycles. The standard InChI is InChI=1S/C16H28N2S/c1-11(2)8-17-9-13-18-12-7-15(3,4)10-16(5,6)14(12)19-13/h11,17H,7-10H2,1-6H3. The SMILES string of the molecule is CC(C)CNCc1nc2c(s1)C(C)(C)CC(C)(C)C2. The molecule has 3 heteroatoms. The fourth-order valence-electron chi connectivity index (χ4n) is 3.39. The Morgan fingerprint density at radius 3 is 2.58 bits per heavy atom. The van der Waals surface area contributed by atoms with E-state index in [0.29, 0.717) is 11.3 Å². The lowest BCUT2D eigenvalue weighted by Crippen LogP contribution is -2.33. The van der Waals surface area contributed by atoms with Gasteiger partial charge in [0.2, 0.25) is 0 Å². The number of aromatic nitrogens is 1. The van der Waals surface area contributed by atoms with Gasteiger partial charge in [-0.1, -0.05) is 41.5 Å². The van der Waals surface area contributed by atoms with E-state index in [2.05, 4.69) is 46.9 Å². The zero-order valence-electron chi connectivity index (χ0n) is 13.3. The smallest absolute Gasteiger partial charge is 0.107 e. The van der Waals surface area contributed by atoms with Crippen LogP contribution in [0.2, 0.25) is 0 Å². The minimum Gasteiger partial charge on any atom is -0.310 e. The van der Waals surface area contributed by atoms with Crippen molar-refractivity contribution in [2.45, 2.75) is 66.3 Å².